The molecule has 0 spiro atoms. The highest BCUT2D eigenvalue weighted by molar-refractivity contribution is 6.80. The van der Waals surface area contributed by atoms with Crippen LogP contribution in [0.3, 0.4) is 0 Å². The van der Waals surface area contributed by atoms with Gasteiger partial charge < -0.3 is 0 Å². The van der Waals surface area contributed by atoms with Crippen molar-refractivity contribution in [3.63, 3.8) is 0 Å². The van der Waals surface area contributed by atoms with E-state index in [1.165, 1.54) is 11.1 Å². The molecule has 2 aromatic carbocycles. The fourth-order valence-corrected chi connectivity index (χ4v) is 4.19. The van der Waals surface area contributed by atoms with Gasteiger partial charge in [0.1, 0.15) is 0 Å². The molecular weight excluding hydrogens is 330 g/mol. The third-order valence-corrected chi connectivity index (χ3v) is 6.08. The highest BCUT2D eigenvalue weighted by Gasteiger charge is 2.49. The van der Waals surface area contributed by atoms with Crippen molar-refractivity contribution < 1.29 is 0 Å². The molecule has 4 atom stereocenters. The molecule has 0 amide bonds. The van der Waals surface area contributed by atoms with E-state index in [9.17, 15) is 0 Å². The highest BCUT2D eigenvalue weighted by atomic mass is 35.5. The summed E-state index contributed by atoms with van der Waals surface area (Å²) in [6.07, 6.45) is 2.44. The summed E-state index contributed by atoms with van der Waals surface area (Å²) in [5.74, 6) is 0. The first-order valence-electron chi connectivity index (χ1n) is 8.64. The van der Waals surface area contributed by atoms with Crippen LogP contribution in [-0.2, 0) is 0 Å². The van der Waals surface area contributed by atoms with Gasteiger partial charge in [-0.15, -0.1) is 0 Å². The predicted molar refractivity (Wildman–Crippen MR) is 107 cm³/mol. The molecular formula is C21H26ClNSi. The third kappa shape index (κ3) is 4.00. The van der Waals surface area contributed by atoms with Gasteiger partial charge in [0.15, 0.2) is 0 Å². The Bertz CT molecular complexity index is 703. The molecule has 1 saturated heterocycles. The van der Waals surface area contributed by atoms with E-state index in [0.717, 1.165) is 5.02 Å². The van der Waals surface area contributed by atoms with Crippen molar-refractivity contribution in [2.75, 3.05) is 0 Å². The lowest BCUT2D eigenvalue weighted by molar-refractivity contribution is 0.396. The number of benzene rings is 2. The fraction of sp³-hybridized carbons (Fsp3) is 0.333. The molecule has 1 heterocycles. The number of nitrogens with zero attached hydrogens (tertiary/aromatic N) is 1. The van der Waals surface area contributed by atoms with Crippen molar-refractivity contribution in [1.82, 2.24) is 4.90 Å². The second-order valence-electron chi connectivity index (χ2n) is 7.75. The average Bonchev–Trinajstić information content (AvgIpc) is 3.27. The molecule has 1 unspecified atom stereocenters. The van der Waals surface area contributed by atoms with Gasteiger partial charge in [-0.1, -0.05) is 85.5 Å². The Labute approximate surface area is 152 Å². The van der Waals surface area contributed by atoms with E-state index in [1.807, 2.05) is 12.1 Å². The van der Waals surface area contributed by atoms with E-state index in [-0.39, 0.29) is 0 Å². The zero-order valence-corrected chi connectivity index (χ0v) is 16.7. The van der Waals surface area contributed by atoms with Crippen LogP contribution < -0.4 is 0 Å². The van der Waals surface area contributed by atoms with Gasteiger partial charge >= 0.3 is 0 Å². The van der Waals surface area contributed by atoms with Crippen LogP contribution in [-0.4, -0.2) is 19.0 Å². The van der Waals surface area contributed by atoms with Gasteiger partial charge in [0, 0.05) is 17.1 Å². The van der Waals surface area contributed by atoms with Crippen LogP contribution in [0, 0.1) is 0 Å². The van der Waals surface area contributed by atoms with E-state index in [4.69, 9.17) is 11.6 Å². The summed E-state index contributed by atoms with van der Waals surface area (Å²) in [6.45, 7) is 9.46. The molecule has 3 heteroatoms. The molecule has 0 N–H and O–H groups in total. The Morgan fingerprint density at radius 1 is 1.00 bits per heavy atom. The van der Waals surface area contributed by atoms with E-state index >= 15 is 0 Å². The number of hydrogen-bond donors (Lipinski definition) is 0. The van der Waals surface area contributed by atoms with Crippen LogP contribution in [0.15, 0.2) is 66.4 Å². The Hall–Kier alpha value is -1.35. The van der Waals surface area contributed by atoms with Crippen LogP contribution in [0.25, 0.3) is 0 Å². The largest absolute Gasteiger partial charge is 0.279 e. The van der Waals surface area contributed by atoms with Crippen molar-refractivity contribution in [3.05, 3.63) is 82.5 Å². The lowest BCUT2D eigenvalue weighted by Crippen LogP contribution is -2.16. The molecule has 1 aliphatic rings. The molecule has 1 fully saturated rings. The lowest BCUT2D eigenvalue weighted by atomic mass is 10.1. The third-order valence-electron chi connectivity index (χ3n) is 4.63. The van der Waals surface area contributed by atoms with Gasteiger partial charge in [-0.25, -0.2) is 0 Å². The molecule has 1 nitrogen and oxygen atoms in total. The first-order valence-corrected chi connectivity index (χ1v) is 12.6. The smallest absolute Gasteiger partial charge is 0.0683 e. The Morgan fingerprint density at radius 3 is 2.21 bits per heavy atom. The highest BCUT2D eigenvalue weighted by Crippen LogP contribution is 2.50. The minimum absolute atomic E-state index is 0.406. The van der Waals surface area contributed by atoms with Gasteiger partial charge in [0.2, 0.25) is 0 Å². The van der Waals surface area contributed by atoms with Crippen molar-refractivity contribution in [2.45, 2.75) is 44.7 Å². The maximum atomic E-state index is 6.07. The van der Waals surface area contributed by atoms with E-state index in [1.54, 1.807) is 0 Å². The summed E-state index contributed by atoms with van der Waals surface area (Å²) in [5.41, 5.74) is 5.20. The van der Waals surface area contributed by atoms with Crippen molar-refractivity contribution in [3.8, 4) is 0 Å². The Balaban J connectivity index is 1.86. The molecule has 0 aromatic heterocycles. The summed E-state index contributed by atoms with van der Waals surface area (Å²) in [7, 11) is -1.19. The topological polar surface area (TPSA) is 3.01 Å². The standard InChI is InChI=1S/C21H26ClNSi/c1-16(17-8-6-5-7-9-17)23-20(14-15-24(2,3)4)21(23)18-10-12-19(22)13-11-18/h5-16,20-21H,1-4H3/b15-14+/t16-,20-,21+,23?/m0/s1. The fourth-order valence-electron chi connectivity index (χ4n) is 3.29. The summed E-state index contributed by atoms with van der Waals surface area (Å²) < 4.78 is 0. The quantitative estimate of drug-likeness (QED) is 0.451. The summed E-state index contributed by atoms with van der Waals surface area (Å²) >= 11 is 6.07. The number of hydrogen-bond acceptors (Lipinski definition) is 1. The minimum atomic E-state index is -1.19. The number of rotatable bonds is 5. The molecule has 126 valence electrons. The average molecular weight is 356 g/mol. The lowest BCUT2D eigenvalue weighted by Gasteiger charge is -2.15. The van der Waals surface area contributed by atoms with Crippen LogP contribution in [0.5, 0.6) is 0 Å². The molecule has 24 heavy (non-hydrogen) atoms. The zero-order chi connectivity index (χ0) is 17.3. The monoisotopic (exact) mass is 355 g/mol. The normalized spacial score (nSPS) is 25.0. The van der Waals surface area contributed by atoms with Gasteiger partial charge in [-0.3, -0.25) is 4.90 Å². The molecule has 1 aliphatic heterocycles. The molecule has 0 saturated carbocycles. The second kappa shape index (κ2) is 6.87. The second-order valence-corrected chi connectivity index (χ2v) is 13.2. The summed E-state index contributed by atoms with van der Waals surface area (Å²) in [6, 6.07) is 20.4. The molecule has 0 aliphatic carbocycles. The van der Waals surface area contributed by atoms with Gasteiger partial charge in [0.25, 0.3) is 0 Å². The summed E-state index contributed by atoms with van der Waals surface area (Å²) in [5, 5.41) is 0.802. The molecule has 2 aromatic rings. The molecule has 0 bridgehead atoms. The Morgan fingerprint density at radius 2 is 1.62 bits per heavy atom. The zero-order valence-electron chi connectivity index (χ0n) is 14.9. The molecule has 0 radical (unpaired) electrons. The molecule has 3 rings (SSSR count). The van der Waals surface area contributed by atoms with Crippen LogP contribution in [0.2, 0.25) is 24.7 Å². The van der Waals surface area contributed by atoms with Crippen molar-refractivity contribution in [1.29, 1.82) is 0 Å². The minimum Gasteiger partial charge on any atom is -0.279 e. The first-order chi connectivity index (χ1) is 11.4. The van der Waals surface area contributed by atoms with Crippen LogP contribution in [0.4, 0.5) is 0 Å². The van der Waals surface area contributed by atoms with E-state index < -0.39 is 8.07 Å². The maximum Gasteiger partial charge on any atom is 0.0683 e. The maximum absolute atomic E-state index is 6.07. The predicted octanol–water partition coefficient (Wildman–Crippen LogP) is 6.26. The van der Waals surface area contributed by atoms with Gasteiger partial charge in [-0.2, -0.15) is 0 Å². The van der Waals surface area contributed by atoms with Gasteiger partial charge in [-0.05, 0) is 30.2 Å². The van der Waals surface area contributed by atoms with E-state index in [0.29, 0.717) is 18.1 Å². The Kier molecular flexibility index (Phi) is 5.00. The SMILES string of the molecule is C[C@@H](c1ccccc1)N1[C@H](c2ccc(Cl)cc2)[C@@H]1/C=C/[Si](C)(C)C. The first kappa shape index (κ1) is 17.5. The summed E-state index contributed by atoms with van der Waals surface area (Å²) in [4.78, 5) is 2.59. The number of halogens is 1. The van der Waals surface area contributed by atoms with Crippen molar-refractivity contribution >= 4 is 19.7 Å². The van der Waals surface area contributed by atoms with Crippen LogP contribution >= 0.6 is 11.6 Å². The van der Waals surface area contributed by atoms with Crippen LogP contribution in [0.1, 0.15) is 30.1 Å². The van der Waals surface area contributed by atoms with Gasteiger partial charge in [0.05, 0.1) is 14.1 Å². The van der Waals surface area contributed by atoms with Crippen molar-refractivity contribution in [2.24, 2.45) is 0 Å². The van der Waals surface area contributed by atoms with E-state index in [2.05, 4.69) is 85.7 Å².